The van der Waals surface area contributed by atoms with E-state index in [-0.39, 0.29) is 5.56 Å². The van der Waals surface area contributed by atoms with Crippen LogP contribution in [0.15, 0.2) is 48.5 Å². The second-order valence-corrected chi connectivity index (χ2v) is 5.51. The highest BCUT2D eigenvalue weighted by Crippen LogP contribution is 2.21. The van der Waals surface area contributed by atoms with Crippen molar-refractivity contribution in [1.29, 1.82) is 0 Å². The van der Waals surface area contributed by atoms with Gasteiger partial charge in [0.2, 0.25) is 0 Å². The average Bonchev–Trinajstić information content (AvgIpc) is 2.47. The van der Waals surface area contributed by atoms with Crippen LogP contribution in [-0.4, -0.2) is 16.9 Å². The lowest BCUT2D eigenvalue weighted by Gasteiger charge is -2.07. The van der Waals surface area contributed by atoms with Crippen LogP contribution in [0.25, 0.3) is 11.1 Å². The van der Waals surface area contributed by atoms with Crippen molar-refractivity contribution in [2.24, 2.45) is 5.92 Å². The van der Waals surface area contributed by atoms with Crippen LogP contribution in [0, 0.1) is 5.92 Å². The van der Waals surface area contributed by atoms with E-state index in [1.54, 1.807) is 24.3 Å². The van der Waals surface area contributed by atoms with E-state index in [2.05, 4.69) is 26.0 Å². The van der Waals surface area contributed by atoms with Crippen LogP contribution in [0.1, 0.15) is 29.8 Å². The van der Waals surface area contributed by atoms with Gasteiger partial charge in [0.15, 0.2) is 0 Å². The highest BCUT2D eigenvalue weighted by molar-refractivity contribution is 6.39. The summed E-state index contributed by atoms with van der Waals surface area (Å²) in [7, 11) is 0. The third-order valence-corrected chi connectivity index (χ3v) is 3.27. The summed E-state index contributed by atoms with van der Waals surface area (Å²) in [5.41, 5.74) is 3.51. The minimum absolute atomic E-state index is 0.197. The Kier molecular flexibility index (Phi) is 4.53. The molecular weight excluding hydrogens is 264 g/mol. The van der Waals surface area contributed by atoms with Gasteiger partial charge in [-0.3, -0.25) is 4.79 Å². The lowest BCUT2D eigenvalue weighted by molar-refractivity contribution is -0.131. The Morgan fingerprint density at radius 1 is 0.905 bits per heavy atom. The second kappa shape index (κ2) is 6.35. The predicted octanol–water partition coefficient (Wildman–Crippen LogP) is 3.82. The zero-order valence-corrected chi connectivity index (χ0v) is 12.2. The molecule has 0 spiro atoms. The van der Waals surface area contributed by atoms with Crippen LogP contribution < -0.4 is 0 Å². The topological polar surface area (TPSA) is 54.4 Å². The van der Waals surface area contributed by atoms with Crippen molar-refractivity contribution in [2.75, 3.05) is 0 Å². The van der Waals surface area contributed by atoms with E-state index in [4.69, 9.17) is 5.11 Å². The molecule has 1 N–H and O–H groups in total. The summed E-state index contributed by atoms with van der Waals surface area (Å²) in [6.45, 7) is 4.37. The Bertz CT molecular complexity index is 637. The molecule has 0 saturated heterocycles. The molecule has 0 bridgehead atoms. The van der Waals surface area contributed by atoms with Crippen LogP contribution >= 0.6 is 0 Å². The number of carboxylic acids is 1. The van der Waals surface area contributed by atoms with Crippen molar-refractivity contribution in [2.45, 2.75) is 20.3 Å². The third kappa shape index (κ3) is 3.78. The van der Waals surface area contributed by atoms with Crippen LogP contribution in [-0.2, 0) is 11.2 Å². The second-order valence-electron chi connectivity index (χ2n) is 5.51. The van der Waals surface area contributed by atoms with Gasteiger partial charge in [0, 0.05) is 5.56 Å². The van der Waals surface area contributed by atoms with Gasteiger partial charge >= 0.3 is 5.97 Å². The van der Waals surface area contributed by atoms with Gasteiger partial charge in [-0.1, -0.05) is 62.4 Å². The summed E-state index contributed by atoms with van der Waals surface area (Å²) >= 11 is 0. The molecule has 0 aliphatic carbocycles. The summed E-state index contributed by atoms with van der Waals surface area (Å²) in [5.74, 6) is -1.69. The smallest absolute Gasteiger partial charge is 0.377 e. The summed E-state index contributed by atoms with van der Waals surface area (Å²) in [6, 6.07) is 14.9. The zero-order valence-electron chi connectivity index (χ0n) is 12.2. The molecule has 0 aromatic heterocycles. The van der Waals surface area contributed by atoms with E-state index in [9.17, 15) is 9.59 Å². The number of hydrogen-bond donors (Lipinski definition) is 1. The fourth-order valence-corrected chi connectivity index (χ4v) is 2.24. The SMILES string of the molecule is CC(C)Cc1ccc(-c2ccc(C(=O)C(=O)O)cc2)cc1. The molecule has 0 amide bonds. The quantitative estimate of drug-likeness (QED) is 0.670. The van der Waals surface area contributed by atoms with Crippen molar-refractivity contribution in [1.82, 2.24) is 0 Å². The molecule has 2 aromatic rings. The summed E-state index contributed by atoms with van der Waals surface area (Å²) < 4.78 is 0. The van der Waals surface area contributed by atoms with Gasteiger partial charge in [0.25, 0.3) is 5.78 Å². The maximum absolute atomic E-state index is 11.3. The van der Waals surface area contributed by atoms with Crippen molar-refractivity contribution >= 4 is 11.8 Å². The highest BCUT2D eigenvalue weighted by Gasteiger charge is 2.13. The van der Waals surface area contributed by atoms with Crippen molar-refractivity contribution < 1.29 is 14.7 Å². The Morgan fingerprint density at radius 3 is 1.81 bits per heavy atom. The third-order valence-electron chi connectivity index (χ3n) is 3.27. The maximum Gasteiger partial charge on any atom is 0.377 e. The van der Waals surface area contributed by atoms with Crippen molar-refractivity contribution in [3.8, 4) is 11.1 Å². The Hall–Kier alpha value is -2.42. The predicted molar refractivity (Wildman–Crippen MR) is 82.4 cm³/mol. The molecule has 0 heterocycles. The molecule has 0 saturated carbocycles. The molecule has 21 heavy (non-hydrogen) atoms. The van der Waals surface area contributed by atoms with Gasteiger partial charge in [-0.05, 0) is 29.0 Å². The van der Waals surface area contributed by atoms with Crippen molar-refractivity contribution in [3.63, 3.8) is 0 Å². The molecule has 2 rings (SSSR count). The van der Waals surface area contributed by atoms with Gasteiger partial charge in [0.1, 0.15) is 0 Å². The van der Waals surface area contributed by atoms with E-state index in [1.807, 2.05) is 12.1 Å². The lowest BCUT2D eigenvalue weighted by atomic mass is 9.98. The molecule has 0 aliphatic rings. The van der Waals surface area contributed by atoms with Gasteiger partial charge in [0.05, 0.1) is 0 Å². The first-order valence-electron chi connectivity index (χ1n) is 6.94. The standard InChI is InChI=1S/C18H18O3/c1-12(2)11-13-3-5-14(6-4-13)15-7-9-16(10-8-15)17(19)18(20)21/h3-10,12H,11H2,1-2H3,(H,20,21). The van der Waals surface area contributed by atoms with Crippen LogP contribution in [0.5, 0.6) is 0 Å². The summed E-state index contributed by atoms with van der Waals surface area (Å²) in [5, 5.41) is 8.67. The van der Waals surface area contributed by atoms with E-state index < -0.39 is 11.8 Å². The minimum atomic E-state index is -1.43. The molecule has 0 aliphatic heterocycles. The molecular formula is C18H18O3. The number of carboxylic acid groups (broad SMARTS) is 1. The fourth-order valence-electron chi connectivity index (χ4n) is 2.24. The normalized spacial score (nSPS) is 10.6. The molecule has 108 valence electrons. The molecule has 3 nitrogen and oxygen atoms in total. The van der Waals surface area contributed by atoms with Crippen LogP contribution in [0.2, 0.25) is 0 Å². The van der Waals surface area contributed by atoms with Crippen LogP contribution in [0.3, 0.4) is 0 Å². The first-order valence-corrected chi connectivity index (χ1v) is 6.94. The number of ketones is 1. The van der Waals surface area contributed by atoms with E-state index in [0.29, 0.717) is 5.92 Å². The Labute approximate surface area is 124 Å². The van der Waals surface area contributed by atoms with Crippen LogP contribution in [0.4, 0.5) is 0 Å². The first kappa shape index (κ1) is 15.0. The molecule has 3 heteroatoms. The van der Waals surface area contributed by atoms with E-state index in [0.717, 1.165) is 17.5 Å². The fraction of sp³-hybridized carbons (Fsp3) is 0.222. The Balaban J connectivity index is 2.19. The van der Waals surface area contributed by atoms with Crippen molar-refractivity contribution in [3.05, 3.63) is 59.7 Å². The van der Waals surface area contributed by atoms with Gasteiger partial charge in [-0.2, -0.15) is 0 Å². The highest BCUT2D eigenvalue weighted by atomic mass is 16.4. The molecule has 0 unspecified atom stereocenters. The first-order chi connectivity index (χ1) is 9.97. The molecule has 0 fully saturated rings. The van der Waals surface area contributed by atoms with E-state index in [1.165, 1.54) is 5.56 Å². The zero-order chi connectivity index (χ0) is 15.4. The monoisotopic (exact) mass is 282 g/mol. The number of aliphatic carboxylic acids is 1. The summed E-state index contributed by atoms with van der Waals surface area (Å²) in [6.07, 6.45) is 1.05. The molecule has 2 aromatic carbocycles. The number of benzene rings is 2. The number of rotatable bonds is 5. The maximum atomic E-state index is 11.3. The number of hydrogen-bond acceptors (Lipinski definition) is 2. The van der Waals surface area contributed by atoms with Gasteiger partial charge in [-0.15, -0.1) is 0 Å². The lowest BCUT2D eigenvalue weighted by Crippen LogP contribution is -2.12. The Morgan fingerprint density at radius 2 is 1.38 bits per heavy atom. The largest absolute Gasteiger partial charge is 0.475 e. The van der Waals surface area contributed by atoms with E-state index >= 15 is 0 Å². The average molecular weight is 282 g/mol. The number of carbonyl (C=O) groups is 2. The molecule has 0 atom stereocenters. The minimum Gasteiger partial charge on any atom is -0.475 e. The summed E-state index contributed by atoms with van der Waals surface area (Å²) in [4.78, 5) is 22.0. The van der Waals surface area contributed by atoms with Gasteiger partial charge < -0.3 is 5.11 Å². The number of Topliss-reactive ketones (excluding diaryl/α,β-unsaturated/α-hetero) is 1. The number of carbonyl (C=O) groups excluding carboxylic acids is 1. The van der Waals surface area contributed by atoms with Gasteiger partial charge in [-0.25, -0.2) is 4.79 Å². The molecule has 0 radical (unpaired) electrons.